The van der Waals surface area contributed by atoms with E-state index in [1.807, 2.05) is 36.4 Å². The number of carbonyl (C=O) groups is 1. The van der Waals surface area contributed by atoms with Gasteiger partial charge in [-0.1, -0.05) is 23.9 Å². The predicted octanol–water partition coefficient (Wildman–Crippen LogP) is 3.41. The van der Waals surface area contributed by atoms with Gasteiger partial charge in [0.05, 0.1) is 18.4 Å². The molecule has 4 heteroatoms. The molecule has 0 saturated carbocycles. The van der Waals surface area contributed by atoms with Crippen molar-refractivity contribution in [1.29, 1.82) is 0 Å². The molecule has 3 rings (SSSR count). The van der Waals surface area contributed by atoms with Crippen molar-refractivity contribution in [3.8, 4) is 5.75 Å². The molecule has 2 aromatic rings. The van der Waals surface area contributed by atoms with Crippen molar-refractivity contribution >= 4 is 23.4 Å². The van der Waals surface area contributed by atoms with Gasteiger partial charge in [0.1, 0.15) is 5.75 Å². The highest BCUT2D eigenvalue weighted by atomic mass is 32.2. The Bertz CT molecular complexity index is 625. The number of amides is 1. The normalized spacial score (nSPS) is 13.1. The lowest BCUT2D eigenvalue weighted by atomic mass is 10.2. The van der Waals surface area contributed by atoms with Gasteiger partial charge >= 0.3 is 0 Å². The van der Waals surface area contributed by atoms with Crippen molar-refractivity contribution < 1.29 is 9.53 Å². The van der Waals surface area contributed by atoms with E-state index in [4.69, 9.17) is 4.74 Å². The minimum absolute atomic E-state index is 0.0960. The molecule has 1 aliphatic heterocycles. The Labute approximate surface area is 109 Å². The van der Waals surface area contributed by atoms with E-state index < -0.39 is 0 Å². The maximum absolute atomic E-state index is 12.2. The number of hydrogen-bond donors (Lipinski definition) is 1. The molecule has 0 saturated heterocycles. The quantitative estimate of drug-likeness (QED) is 0.850. The highest BCUT2D eigenvalue weighted by Crippen LogP contribution is 2.39. The van der Waals surface area contributed by atoms with E-state index in [1.54, 1.807) is 24.9 Å². The lowest BCUT2D eigenvalue weighted by molar-refractivity contribution is 0.102. The average molecular weight is 257 g/mol. The Hall–Kier alpha value is -1.94. The van der Waals surface area contributed by atoms with Crippen LogP contribution in [0.25, 0.3) is 0 Å². The number of ether oxygens (including phenoxy) is 1. The largest absolute Gasteiger partial charge is 0.497 e. The van der Waals surface area contributed by atoms with E-state index in [1.165, 1.54) is 0 Å². The highest BCUT2D eigenvalue weighted by Gasteiger charge is 2.19. The van der Waals surface area contributed by atoms with Crippen molar-refractivity contribution in [2.24, 2.45) is 0 Å². The monoisotopic (exact) mass is 257 g/mol. The molecular weight excluding hydrogens is 246 g/mol. The number of carbonyl (C=O) groups excluding carboxylic acids is 1. The standard InChI is InChI=1S/C14H11NO2S/c1-17-9-6-7-12-10(8-9)14(16)15-11-4-2-3-5-13(11)18-12/h2-8H,1H3,(H,15,16). The van der Waals surface area contributed by atoms with Crippen molar-refractivity contribution in [3.63, 3.8) is 0 Å². The molecule has 18 heavy (non-hydrogen) atoms. The Morgan fingerprint density at radius 3 is 2.78 bits per heavy atom. The summed E-state index contributed by atoms with van der Waals surface area (Å²) in [5.41, 5.74) is 1.50. The zero-order valence-electron chi connectivity index (χ0n) is 9.77. The van der Waals surface area contributed by atoms with Gasteiger partial charge in [-0.2, -0.15) is 0 Å². The molecule has 2 aromatic carbocycles. The molecule has 1 aliphatic rings. The summed E-state index contributed by atoms with van der Waals surface area (Å²) in [7, 11) is 1.60. The third-order valence-corrected chi connectivity index (χ3v) is 3.94. The molecule has 0 aromatic heterocycles. The molecule has 0 radical (unpaired) electrons. The molecule has 0 spiro atoms. The second-order valence-electron chi connectivity index (χ2n) is 3.91. The summed E-state index contributed by atoms with van der Waals surface area (Å²) in [6.45, 7) is 0. The van der Waals surface area contributed by atoms with Crippen LogP contribution in [0.4, 0.5) is 5.69 Å². The van der Waals surface area contributed by atoms with E-state index in [2.05, 4.69) is 5.32 Å². The molecule has 0 fully saturated rings. The second kappa shape index (κ2) is 4.38. The lowest BCUT2D eigenvalue weighted by Gasteiger charge is -2.06. The number of hydrogen-bond acceptors (Lipinski definition) is 3. The first-order valence-electron chi connectivity index (χ1n) is 5.54. The summed E-state index contributed by atoms with van der Waals surface area (Å²) in [6.07, 6.45) is 0. The number of methoxy groups -OCH3 is 1. The van der Waals surface area contributed by atoms with Crippen LogP contribution in [-0.4, -0.2) is 13.0 Å². The number of fused-ring (bicyclic) bond motifs is 2. The number of rotatable bonds is 1. The van der Waals surface area contributed by atoms with Crippen LogP contribution < -0.4 is 10.1 Å². The number of nitrogens with one attached hydrogen (secondary N) is 1. The minimum atomic E-state index is -0.0960. The van der Waals surface area contributed by atoms with Crippen molar-refractivity contribution in [3.05, 3.63) is 48.0 Å². The molecule has 3 nitrogen and oxygen atoms in total. The van der Waals surface area contributed by atoms with Crippen LogP contribution in [0.3, 0.4) is 0 Å². The van der Waals surface area contributed by atoms with Gasteiger partial charge in [-0.15, -0.1) is 0 Å². The van der Waals surface area contributed by atoms with Gasteiger partial charge in [-0.05, 0) is 30.3 Å². The molecule has 1 heterocycles. The Morgan fingerprint density at radius 2 is 1.94 bits per heavy atom. The zero-order valence-corrected chi connectivity index (χ0v) is 10.6. The van der Waals surface area contributed by atoms with Gasteiger partial charge in [0.25, 0.3) is 5.91 Å². The number of para-hydroxylation sites is 1. The Morgan fingerprint density at radius 1 is 1.11 bits per heavy atom. The van der Waals surface area contributed by atoms with E-state index in [0.29, 0.717) is 11.3 Å². The van der Waals surface area contributed by atoms with E-state index in [9.17, 15) is 4.79 Å². The van der Waals surface area contributed by atoms with Crippen LogP contribution in [0.1, 0.15) is 10.4 Å². The first-order chi connectivity index (χ1) is 8.78. The van der Waals surface area contributed by atoms with Crippen molar-refractivity contribution in [2.45, 2.75) is 9.79 Å². The van der Waals surface area contributed by atoms with Gasteiger partial charge in [-0.3, -0.25) is 4.79 Å². The SMILES string of the molecule is COc1ccc2c(c1)C(=O)Nc1ccccc1S2. The number of anilines is 1. The maximum Gasteiger partial charge on any atom is 0.256 e. The van der Waals surface area contributed by atoms with Gasteiger partial charge < -0.3 is 10.1 Å². The summed E-state index contributed by atoms with van der Waals surface area (Å²) in [5.74, 6) is 0.594. The van der Waals surface area contributed by atoms with E-state index in [-0.39, 0.29) is 5.91 Å². The van der Waals surface area contributed by atoms with Crippen molar-refractivity contribution in [1.82, 2.24) is 0 Å². The maximum atomic E-state index is 12.2. The first kappa shape index (κ1) is 11.2. The molecule has 0 atom stereocenters. The van der Waals surface area contributed by atoms with Crippen LogP contribution in [0, 0.1) is 0 Å². The highest BCUT2D eigenvalue weighted by molar-refractivity contribution is 7.99. The van der Waals surface area contributed by atoms with Gasteiger partial charge in [-0.25, -0.2) is 0 Å². The summed E-state index contributed by atoms with van der Waals surface area (Å²) in [6, 6.07) is 13.3. The first-order valence-corrected chi connectivity index (χ1v) is 6.36. The van der Waals surface area contributed by atoms with E-state index in [0.717, 1.165) is 15.5 Å². The van der Waals surface area contributed by atoms with E-state index >= 15 is 0 Å². The topological polar surface area (TPSA) is 38.3 Å². The van der Waals surface area contributed by atoms with Crippen LogP contribution in [-0.2, 0) is 0 Å². The van der Waals surface area contributed by atoms with Crippen LogP contribution in [0.5, 0.6) is 5.75 Å². The fraction of sp³-hybridized carbons (Fsp3) is 0.0714. The fourth-order valence-corrected chi connectivity index (χ4v) is 2.88. The Kier molecular flexibility index (Phi) is 2.72. The molecule has 90 valence electrons. The molecule has 0 unspecified atom stereocenters. The van der Waals surface area contributed by atoms with Crippen LogP contribution in [0.15, 0.2) is 52.3 Å². The summed E-state index contributed by atoms with van der Waals surface area (Å²) >= 11 is 1.59. The number of benzene rings is 2. The average Bonchev–Trinajstić information content (AvgIpc) is 2.54. The summed E-state index contributed by atoms with van der Waals surface area (Å²) in [4.78, 5) is 14.1. The minimum Gasteiger partial charge on any atom is -0.497 e. The van der Waals surface area contributed by atoms with Crippen LogP contribution >= 0.6 is 11.8 Å². The smallest absolute Gasteiger partial charge is 0.256 e. The molecular formula is C14H11NO2S. The lowest BCUT2D eigenvalue weighted by Crippen LogP contribution is -2.11. The summed E-state index contributed by atoms with van der Waals surface area (Å²) in [5, 5.41) is 2.91. The molecule has 0 bridgehead atoms. The zero-order chi connectivity index (χ0) is 12.5. The van der Waals surface area contributed by atoms with Crippen molar-refractivity contribution in [2.75, 3.05) is 12.4 Å². The third kappa shape index (κ3) is 1.84. The molecule has 1 N–H and O–H groups in total. The third-order valence-electron chi connectivity index (χ3n) is 2.79. The summed E-state index contributed by atoms with van der Waals surface area (Å²) < 4.78 is 5.16. The molecule has 1 amide bonds. The predicted molar refractivity (Wildman–Crippen MR) is 71.5 cm³/mol. The van der Waals surface area contributed by atoms with Crippen LogP contribution in [0.2, 0.25) is 0 Å². The Balaban J connectivity index is 2.13. The fourth-order valence-electron chi connectivity index (χ4n) is 1.87. The second-order valence-corrected chi connectivity index (χ2v) is 5.00. The van der Waals surface area contributed by atoms with Gasteiger partial charge in [0.2, 0.25) is 0 Å². The van der Waals surface area contributed by atoms with Gasteiger partial charge in [0.15, 0.2) is 0 Å². The van der Waals surface area contributed by atoms with Gasteiger partial charge in [0, 0.05) is 9.79 Å². The molecule has 0 aliphatic carbocycles.